The first-order valence-electron chi connectivity index (χ1n) is 7.43. The number of guanidine groups is 1. The lowest BCUT2D eigenvalue weighted by Crippen LogP contribution is -2.34. The maximum absolute atomic E-state index is 6.20. The van der Waals surface area contributed by atoms with Crippen molar-refractivity contribution in [3.63, 3.8) is 0 Å². The highest BCUT2D eigenvalue weighted by Gasteiger charge is 2.13. The minimum Gasteiger partial charge on any atom is -0.454 e. The SMILES string of the molecule is CC(NC(N)=NCc1ccc2c(c1)OCO2)c1ccc(Cl)cc1Cl. The molecule has 3 N–H and O–H groups in total. The smallest absolute Gasteiger partial charge is 0.231 e. The van der Waals surface area contributed by atoms with Crippen LogP contribution < -0.4 is 20.5 Å². The second-order valence-corrected chi connectivity index (χ2v) is 6.26. The van der Waals surface area contributed by atoms with Crippen molar-refractivity contribution in [1.82, 2.24) is 5.32 Å². The average Bonchev–Trinajstić information content (AvgIpc) is 3.00. The minimum atomic E-state index is -0.0877. The molecule has 1 heterocycles. The number of nitrogens with one attached hydrogen (secondary N) is 1. The minimum absolute atomic E-state index is 0.0877. The molecule has 1 aliphatic rings. The van der Waals surface area contributed by atoms with Gasteiger partial charge in [-0.2, -0.15) is 0 Å². The monoisotopic (exact) mass is 365 g/mol. The van der Waals surface area contributed by atoms with Crippen LogP contribution in [0.15, 0.2) is 41.4 Å². The van der Waals surface area contributed by atoms with Crippen molar-refractivity contribution in [2.45, 2.75) is 19.5 Å². The van der Waals surface area contributed by atoms with Gasteiger partial charge in [0.05, 0.1) is 12.6 Å². The van der Waals surface area contributed by atoms with Gasteiger partial charge in [0.2, 0.25) is 6.79 Å². The Morgan fingerprint density at radius 2 is 2.00 bits per heavy atom. The highest BCUT2D eigenvalue weighted by molar-refractivity contribution is 6.35. The van der Waals surface area contributed by atoms with Crippen LogP contribution in [-0.4, -0.2) is 12.8 Å². The molecule has 5 nitrogen and oxygen atoms in total. The third-order valence-corrected chi connectivity index (χ3v) is 4.22. The molecule has 24 heavy (non-hydrogen) atoms. The summed E-state index contributed by atoms with van der Waals surface area (Å²) in [5, 5.41) is 4.31. The van der Waals surface area contributed by atoms with Gasteiger partial charge in [0, 0.05) is 10.0 Å². The molecule has 0 fully saturated rings. The molecule has 0 saturated heterocycles. The standard InChI is InChI=1S/C17H17Cl2N3O2/c1-10(13-4-3-12(18)7-14(13)19)22-17(20)21-8-11-2-5-15-16(6-11)24-9-23-15/h2-7,10H,8-9H2,1H3,(H3,20,21,22). The predicted molar refractivity (Wildman–Crippen MR) is 95.9 cm³/mol. The molecule has 2 aromatic carbocycles. The van der Waals surface area contributed by atoms with E-state index in [2.05, 4.69) is 10.3 Å². The zero-order chi connectivity index (χ0) is 17.1. The summed E-state index contributed by atoms with van der Waals surface area (Å²) < 4.78 is 10.6. The van der Waals surface area contributed by atoms with Crippen molar-refractivity contribution in [2.75, 3.05) is 6.79 Å². The molecule has 3 rings (SSSR count). The van der Waals surface area contributed by atoms with Crippen LogP contribution in [0.25, 0.3) is 0 Å². The summed E-state index contributed by atoms with van der Waals surface area (Å²) in [6.07, 6.45) is 0. The molecule has 0 bridgehead atoms. The maximum Gasteiger partial charge on any atom is 0.231 e. The molecular weight excluding hydrogens is 349 g/mol. The van der Waals surface area contributed by atoms with Gasteiger partial charge in [-0.3, -0.25) is 0 Å². The van der Waals surface area contributed by atoms with Crippen molar-refractivity contribution in [1.29, 1.82) is 0 Å². The van der Waals surface area contributed by atoms with Crippen LogP contribution in [-0.2, 0) is 6.54 Å². The quantitative estimate of drug-likeness (QED) is 0.636. The van der Waals surface area contributed by atoms with Gasteiger partial charge in [-0.25, -0.2) is 4.99 Å². The number of aliphatic imine (C=N–C) groups is 1. The van der Waals surface area contributed by atoms with E-state index >= 15 is 0 Å². The molecule has 0 saturated carbocycles. The topological polar surface area (TPSA) is 68.9 Å². The van der Waals surface area contributed by atoms with E-state index in [1.165, 1.54) is 0 Å². The summed E-state index contributed by atoms with van der Waals surface area (Å²) in [7, 11) is 0. The number of hydrogen-bond acceptors (Lipinski definition) is 3. The van der Waals surface area contributed by atoms with E-state index in [0.717, 1.165) is 22.6 Å². The summed E-state index contributed by atoms with van der Waals surface area (Å²) in [6.45, 7) is 2.65. The number of ether oxygens (including phenoxy) is 2. The van der Waals surface area contributed by atoms with E-state index in [0.29, 0.717) is 22.5 Å². The Kier molecular flexibility index (Phi) is 5.02. The Hall–Kier alpha value is -2.11. The van der Waals surface area contributed by atoms with Crippen LogP contribution >= 0.6 is 23.2 Å². The van der Waals surface area contributed by atoms with E-state index < -0.39 is 0 Å². The Morgan fingerprint density at radius 3 is 2.79 bits per heavy atom. The molecule has 2 aromatic rings. The normalized spacial score (nSPS) is 14.5. The predicted octanol–water partition coefficient (Wildman–Crippen LogP) is 3.89. The highest BCUT2D eigenvalue weighted by atomic mass is 35.5. The summed E-state index contributed by atoms with van der Waals surface area (Å²) in [5.74, 6) is 1.82. The molecule has 7 heteroatoms. The number of nitrogens with zero attached hydrogens (tertiary/aromatic N) is 1. The molecular formula is C17H17Cl2N3O2. The molecule has 0 radical (unpaired) electrons. The number of benzene rings is 2. The fourth-order valence-electron chi connectivity index (χ4n) is 2.41. The Morgan fingerprint density at radius 1 is 1.21 bits per heavy atom. The van der Waals surface area contributed by atoms with Crippen molar-refractivity contribution in [2.24, 2.45) is 10.7 Å². The number of halogens is 2. The van der Waals surface area contributed by atoms with Crippen molar-refractivity contribution < 1.29 is 9.47 Å². The Balaban J connectivity index is 1.63. The zero-order valence-electron chi connectivity index (χ0n) is 13.1. The van der Waals surface area contributed by atoms with Gasteiger partial charge in [0.25, 0.3) is 0 Å². The van der Waals surface area contributed by atoms with E-state index in [-0.39, 0.29) is 12.8 Å². The number of fused-ring (bicyclic) bond motifs is 1. The number of rotatable bonds is 4. The first-order valence-corrected chi connectivity index (χ1v) is 8.18. The van der Waals surface area contributed by atoms with Gasteiger partial charge in [-0.1, -0.05) is 35.3 Å². The molecule has 126 valence electrons. The Labute approximate surface area is 150 Å². The summed E-state index contributed by atoms with van der Waals surface area (Å²) in [6, 6.07) is 11.0. The molecule has 0 aromatic heterocycles. The lowest BCUT2D eigenvalue weighted by atomic mass is 10.1. The van der Waals surface area contributed by atoms with Crippen molar-refractivity contribution in [3.05, 3.63) is 57.6 Å². The first-order chi connectivity index (χ1) is 11.5. The van der Waals surface area contributed by atoms with Crippen molar-refractivity contribution >= 4 is 29.2 Å². The molecule has 1 unspecified atom stereocenters. The molecule has 0 aliphatic carbocycles. The number of hydrogen-bond donors (Lipinski definition) is 2. The average molecular weight is 366 g/mol. The second-order valence-electron chi connectivity index (χ2n) is 5.42. The van der Waals surface area contributed by atoms with E-state index in [1.807, 2.05) is 31.2 Å². The first kappa shape index (κ1) is 16.7. The largest absolute Gasteiger partial charge is 0.454 e. The van der Waals surface area contributed by atoms with Crippen LogP contribution in [0, 0.1) is 0 Å². The van der Waals surface area contributed by atoms with Crippen LogP contribution in [0.5, 0.6) is 11.5 Å². The van der Waals surface area contributed by atoms with Gasteiger partial charge in [0.1, 0.15) is 0 Å². The summed E-state index contributed by atoms with van der Waals surface area (Å²) in [4.78, 5) is 4.35. The van der Waals surface area contributed by atoms with E-state index in [1.54, 1.807) is 12.1 Å². The second kappa shape index (κ2) is 7.20. The van der Waals surface area contributed by atoms with Crippen molar-refractivity contribution in [3.8, 4) is 11.5 Å². The lowest BCUT2D eigenvalue weighted by molar-refractivity contribution is 0.174. The van der Waals surface area contributed by atoms with Crippen LogP contribution in [0.1, 0.15) is 24.1 Å². The fraction of sp³-hybridized carbons (Fsp3) is 0.235. The van der Waals surface area contributed by atoms with Crippen LogP contribution in [0.4, 0.5) is 0 Å². The van der Waals surface area contributed by atoms with Crippen LogP contribution in [0.2, 0.25) is 10.0 Å². The van der Waals surface area contributed by atoms with Crippen LogP contribution in [0.3, 0.4) is 0 Å². The zero-order valence-corrected chi connectivity index (χ0v) is 14.6. The van der Waals surface area contributed by atoms with Gasteiger partial charge in [-0.05, 0) is 42.3 Å². The maximum atomic E-state index is 6.20. The molecule has 0 amide bonds. The fourth-order valence-corrected chi connectivity index (χ4v) is 2.99. The van der Waals surface area contributed by atoms with Gasteiger partial charge >= 0.3 is 0 Å². The third kappa shape index (κ3) is 3.86. The summed E-state index contributed by atoms with van der Waals surface area (Å²) >= 11 is 12.1. The van der Waals surface area contributed by atoms with Gasteiger partial charge in [0.15, 0.2) is 17.5 Å². The Bertz CT molecular complexity index is 780. The summed E-state index contributed by atoms with van der Waals surface area (Å²) in [5.41, 5.74) is 7.86. The van der Waals surface area contributed by atoms with Gasteiger partial charge < -0.3 is 20.5 Å². The third-order valence-electron chi connectivity index (χ3n) is 3.66. The van der Waals surface area contributed by atoms with E-state index in [9.17, 15) is 0 Å². The molecule has 0 spiro atoms. The number of nitrogens with two attached hydrogens (primary N) is 1. The lowest BCUT2D eigenvalue weighted by Gasteiger charge is -2.16. The van der Waals surface area contributed by atoms with Gasteiger partial charge in [-0.15, -0.1) is 0 Å². The van der Waals surface area contributed by atoms with E-state index in [4.69, 9.17) is 38.4 Å². The molecule has 1 aliphatic heterocycles. The molecule has 1 atom stereocenters. The highest BCUT2D eigenvalue weighted by Crippen LogP contribution is 2.32.